The maximum atomic E-state index is 7.13. The number of hydrogen-bond acceptors (Lipinski definition) is 3. The Kier molecular flexibility index (Phi) is 7.82. The van der Waals surface area contributed by atoms with E-state index >= 15 is 0 Å². The van der Waals surface area contributed by atoms with Crippen LogP contribution < -0.4 is 10.1 Å². The molecule has 1 N–H and O–H groups in total. The van der Waals surface area contributed by atoms with E-state index in [1.54, 1.807) is 0 Å². The number of fused-ring (bicyclic) bond motifs is 10. The Labute approximate surface area is 349 Å². The minimum Gasteiger partial charge on any atom is -0.456 e. The van der Waals surface area contributed by atoms with Gasteiger partial charge >= 0.3 is 0 Å². The molecule has 0 bridgehead atoms. The van der Waals surface area contributed by atoms with E-state index in [2.05, 4.69) is 224 Å². The number of allylic oxidation sites excluding steroid dienone is 1. The Morgan fingerprint density at radius 3 is 1.67 bits per heavy atom. The third-order valence-corrected chi connectivity index (χ3v) is 12.6. The van der Waals surface area contributed by atoms with E-state index in [1.807, 2.05) is 0 Å². The van der Waals surface area contributed by atoms with Crippen molar-refractivity contribution in [2.24, 2.45) is 4.99 Å². The highest BCUT2D eigenvalue weighted by molar-refractivity contribution is 6.15. The first-order valence-corrected chi connectivity index (χ1v) is 20.7. The van der Waals surface area contributed by atoms with E-state index < -0.39 is 11.6 Å². The molecule has 0 amide bonds. The average molecular weight is 767 g/mol. The molecule has 1 unspecified atom stereocenters. The van der Waals surface area contributed by atoms with Gasteiger partial charge in [0.1, 0.15) is 17.7 Å². The standard InChI is InChI=1S/C57H38N2O/c1-3-18-37(19-4-1)39-34-35-45(41-23-8-7-22-40(39)41)53-36-52(38-20-5-2-6-21-38)58-56(59-53)47-27-10-9-24-42(47)46-28-17-32-51-55(46)60-54-33-16-15-31-50(54)57(51)48-29-13-11-25-43(48)44-26-12-14-30-49(44)57/h1-36,56,59H. The normalized spacial score (nSPS) is 15.4. The highest BCUT2D eigenvalue weighted by atomic mass is 16.5. The molecule has 3 heteroatoms. The molecular formula is C57H38N2O. The predicted molar refractivity (Wildman–Crippen MR) is 245 cm³/mol. The van der Waals surface area contributed by atoms with Crippen molar-refractivity contribution in [2.75, 3.05) is 0 Å². The summed E-state index contributed by atoms with van der Waals surface area (Å²) in [5.41, 5.74) is 16.6. The van der Waals surface area contributed by atoms with Gasteiger partial charge in [-0.1, -0.05) is 206 Å². The highest BCUT2D eigenvalue weighted by Gasteiger charge is 2.51. The van der Waals surface area contributed by atoms with E-state index in [0.717, 1.165) is 61.9 Å². The summed E-state index contributed by atoms with van der Waals surface area (Å²) >= 11 is 0. The van der Waals surface area contributed by atoms with Gasteiger partial charge in [0, 0.05) is 33.5 Å². The van der Waals surface area contributed by atoms with Crippen molar-refractivity contribution in [1.82, 2.24) is 5.32 Å². The molecular weight excluding hydrogens is 729 g/mol. The van der Waals surface area contributed by atoms with Crippen LogP contribution in [0.25, 0.3) is 49.9 Å². The van der Waals surface area contributed by atoms with Gasteiger partial charge < -0.3 is 10.1 Å². The largest absolute Gasteiger partial charge is 0.456 e. The van der Waals surface area contributed by atoms with Gasteiger partial charge in [-0.25, -0.2) is 0 Å². The van der Waals surface area contributed by atoms with Gasteiger partial charge in [-0.2, -0.15) is 0 Å². The lowest BCUT2D eigenvalue weighted by atomic mass is 9.65. The Morgan fingerprint density at radius 2 is 0.933 bits per heavy atom. The third-order valence-electron chi connectivity index (χ3n) is 12.6. The van der Waals surface area contributed by atoms with Crippen molar-refractivity contribution in [1.29, 1.82) is 0 Å². The zero-order valence-corrected chi connectivity index (χ0v) is 32.7. The third kappa shape index (κ3) is 5.12. The van der Waals surface area contributed by atoms with Gasteiger partial charge in [-0.3, -0.25) is 4.99 Å². The Hall–Kier alpha value is -7.75. The SMILES string of the molecule is C1=C(c2ccc(-c3ccccc3)c3ccccc23)NC(c2ccccc2-c2cccc3c2Oc2ccccc2C32c3ccccc3-c3ccccc32)N=C1c1ccccc1. The fraction of sp³-hybridized carbons (Fsp3) is 0.0351. The molecule has 12 rings (SSSR count). The van der Waals surface area contributed by atoms with Gasteiger partial charge in [0.05, 0.1) is 11.1 Å². The topological polar surface area (TPSA) is 33.6 Å². The van der Waals surface area contributed by atoms with Gasteiger partial charge in [0.2, 0.25) is 0 Å². The number of nitrogens with one attached hydrogen (secondary N) is 1. The number of nitrogens with zero attached hydrogens (tertiary/aromatic N) is 1. The van der Waals surface area contributed by atoms with Crippen molar-refractivity contribution in [2.45, 2.75) is 11.6 Å². The fourth-order valence-electron chi connectivity index (χ4n) is 10.1. The lowest BCUT2D eigenvalue weighted by Crippen LogP contribution is -2.32. The molecule has 2 aliphatic heterocycles. The van der Waals surface area contributed by atoms with Gasteiger partial charge in [-0.15, -0.1) is 0 Å². The fourth-order valence-corrected chi connectivity index (χ4v) is 10.1. The molecule has 9 aromatic carbocycles. The second kappa shape index (κ2) is 13.7. The summed E-state index contributed by atoms with van der Waals surface area (Å²) in [4.78, 5) is 5.50. The van der Waals surface area contributed by atoms with Crippen LogP contribution in [0, 0.1) is 0 Å². The second-order valence-electron chi connectivity index (χ2n) is 15.8. The van der Waals surface area contributed by atoms with Crippen LogP contribution in [-0.2, 0) is 5.41 Å². The number of hydrogen-bond donors (Lipinski definition) is 1. The monoisotopic (exact) mass is 766 g/mol. The van der Waals surface area contributed by atoms with Crippen LogP contribution in [0.5, 0.6) is 11.5 Å². The van der Waals surface area contributed by atoms with Crippen molar-refractivity contribution < 1.29 is 4.74 Å². The minimum atomic E-state index is -0.549. The van der Waals surface area contributed by atoms with Crippen molar-refractivity contribution in [3.63, 3.8) is 0 Å². The number of para-hydroxylation sites is 2. The van der Waals surface area contributed by atoms with Crippen molar-refractivity contribution >= 4 is 22.2 Å². The molecule has 60 heavy (non-hydrogen) atoms. The zero-order valence-electron chi connectivity index (χ0n) is 32.7. The molecule has 1 atom stereocenters. The molecule has 1 spiro atoms. The van der Waals surface area contributed by atoms with E-state index in [-0.39, 0.29) is 0 Å². The maximum absolute atomic E-state index is 7.13. The van der Waals surface area contributed by atoms with Crippen LogP contribution in [-0.4, -0.2) is 5.71 Å². The quantitative estimate of drug-likeness (QED) is 0.189. The van der Waals surface area contributed by atoms with Gasteiger partial charge in [-0.05, 0) is 67.4 Å². The van der Waals surface area contributed by atoms with Crippen LogP contribution in [0.2, 0.25) is 0 Å². The molecule has 282 valence electrons. The van der Waals surface area contributed by atoms with Crippen molar-refractivity contribution in [3.05, 3.63) is 257 Å². The van der Waals surface area contributed by atoms with Crippen LogP contribution >= 0.6 is 0 Å². The van der Waals surface area contributed by atoms with Gasteiger partial charge in [0.25, 0.3) is 0 Å². The minimum absolute atomic E-state index is 0.391. The zero-order chi connectivity index (χ0) is 39.6. The van der Waals surface area contributed by atoms with E-state index in [9.17, 15) is 0 Å². The second-order valence-corrected chi connectivity index (χ2v) is 15.8. The summed E-state index contributed by atoms with van der Waals surface area (Å²) in [6.45, 7) is 0. The molecule has 0 saturated carbocycles. The number of benzene rings is 9. The van der Waals surface area contributed by atoms with Gasteiger partial charge in [0.15, 0.2) is 0 Å². The molecule has 2 heterocycles. The van der Waals surface area contributed by atoms with Crippen molar-refractivity contribution in [3.8, 4) is 44.9 Å². The lowest BCUT2D eigenvalue weighted by Gasteiger charge is -2.40. The molecule has 1 aliphatic carbocycles. The predicted octanol–water partition coefficient (Wildman–Crippen LogP) is 13.8. The first-order valence-electron chi connectivity index (χ1n) is 20.7. The molecule has 3 nitrogen and oxygen atoms in total. The van der Waals surface area contributed by atoms with E-state index in [0.29, 0.717) is 0 Å². The summed E-state index contributed by atoms with van der Waals surface area (Å²) in [6, 6.07) is 76.1. The summed E-state index contributed by atoms with van der Waals surface area (Å²) < 4.78 is 7.13. The first-order chi connectivity index (χ1) is 29.8. The number of rotatable bonds is 5. The van der Waals surface area contributed by atoms with E-state index in [4.69, 9.17) is 9.73 Å². The molecule has 0 aromatic heterocycles. The first kappa shape index (κ1) is 34.3. The summed E-state index contributed by atoms with van der Waals surface area (Å²) in [5, 5.41) is 6.35. The molecule has 0 fully saturated rings. The Balaban J connectivity index is 1.04. The molecule has 3 aliphatic rings. The van der Waals surface area contributed by atoms with E-state index in [1.165, 1.54) is 44.2 Å². The summed E-state index contributed by atoms with van der Waals surface area (Å²) in [5.74, 6) is 1.74. The molecule has 0 saturated heterocycles. The van der Waals surface area contributed by atoms with Crippen LogP contribution in [0.15, 0.2) is 223 Å². The maximum Gasteiger partial charge on any atom is 0.146 e. The average Bonchev–Trinajstić information content (AvgIpc) is 3.62. The Morgan fingerprint density at radius 1 is 0.400 bits per heavy atom. The lowest BCUT2D eigenvalue weighted by molar-refractivity contribution is 0.438. The van der Waals surface area contributed by atoms with Crippen LogP contribution in [0.1, 0.15) is 45.1 Å². The summed E-state index contributed by atoms with van der Waals surface area (Å²) in [6.07, 6.45) is 1.82. The van der Waals surface area contributed by atoms with Crippen LogP contribution in [0.4, 0.5) is 0 Å². The molecule has 0 radical (unpaired) electrons. The Bertz CT molecular complexity index is 3170. The smallest absolute Gasteiger partial charge is 0.146 e. The highest BCUT2D eigenvalue weighted by Crippen LogP contribution is 2.63. The molecule has 9 aromatic rings. The summed E-state index contributed by atoms with van der Waals surface area (Å²) in [7, 11) is 0. The van der Waals surface area contributed by atoms with Crippen LogP contribution in [0.3, 0.4) is 0 Å². The number of aliphatic imine (C=N–C) groups is 1. The number of ether oxygens (including phenoxy) is 1.